The molecule has 1 fully saturated rings. The van der Waals surface area contributed by atoms with E-state index in [0.717, 1.165) is 16.7 Å². The van der Waals surface area contributed by atoms with Gasteiger partial charge in [-0.2, -0.15) is 0 Å². The Bertz CT molecular complexity index is 1340. The molecule has 5 rings (SSSR count). The molecule has 1 aliphatic rings. The van der Waals surface area contributed by atoms with E-state index in [-0.39, 0.29) is 25.1 Å². The van der Waals surface area contributed by atoms with E-state index in [9.17, 15) is 9.90 Å². The van der Waals surface area contributed by atoms with Gasteiger partial charge in [-0.1, -0.05) is 72.8 Å². The van der Waals surface area contributed by atoms with Gasteiger partial charge in [0.2, 0.25) is 0 Å². The summed E-state index contributed by atoms with van der Waals surface area (Å²) in [4.78, 5) is 19.2. The summed E-state index contributed by atoms with van der Waals surface area (Å²) in [6, 6.07) is 28.8. The van der Waals surface area contributed by atoms with Crippen LogP contribution in [0, 0.1) is 0 Å². The average Bonchev–Trinajstić information content (AvgIpc) is 3.38. The Morgan fingerprint density at radius 3 is 2.21 bits per heavy atom. The van der Waals surface area contributed by atoms with Crippen molar-refractivity contribution in [2.75, 3.05) is 27.4 Å². The predicted octanol–water partition coefficient (Wildman–Crippen LogP) is 4.68. The summed E-state index contributed by atoms with van der Waals surface area (Å²) in [7, 11) is 3.22. The van der Waals surface area contributed by atoms with Gasteiger partial charge in [0.25, 0.3) is 5.91 Å². The van der Waals surface area contributed by atoms with Crippen LogP contribution in [0.5, 0.6) is 11.5 Å². The summed E-state index contributed by atoms with van der Waals surface area (Å²) >= 11 is 0. The zero-order valence-electron chi connectivity index (χ0n) is 22.1. The molecule has 39 heavy (non-hydrogen) atoms. The van der Waals surface area contributed by atoms with E-state index in [2.05, 4.69) is 4.98 Å². The largest absolute Gasteiger partial charge is 0.493 e. The molecule has 1 amide bonds. The summed E-state index contributed by atoms with van der Waals surface area (Å²) in [6.07, 6.45) is 2.94. The molecule has 2 heterocycles. The Labute approximate surface area is 228 Å². The van der Waals surface area contributed by atoms with E-state index >= 15 is 0 Å². The van der Waals surface area contributed by atoms with Crippen molar-refractivity contribution in [1.29, 1.82) is 0 Å². The zero-order valence-corrected chi connectivity index (χ0v) is 22.1. The first kappa shape index (κ1) is 26.4. The lowest BCUT2D eigenvalue weighted by atomic mass is 9.79. The van der Waals surface area contributed by atoms with E-state index in [1.807, 2.05) is 78.9 Å². The van der Waals surface area contributed by atoms with E-state index in [4.69, 9.17) is 14.2 Å². The molecule has 7 nitrogen and oxygen atoms in total. The minimum Gasteiger partial charge on any atom is -0.493 e. The number of aliphatic hydroxyl groups excluding tert-OH is 1. The number of para-hydroxylation sites is 1. The summed E-state index contributed by atoms with van der Waals surface area (Å²) in [5.41, 5.74) is 1.94. The number of nitrogens with zero attached hydrogens (tertiary/aromatic N) is 2. The van der Waals surface area contributed by atoms with Gasteiger partial charge < -0.3 is 24.2 Å². The third-order valence-electron chi connectivity index (χ3n) is 7.20. The molecule has 2 unspecified atom stereocenters. The monoisotopic (exact) mass is 524 g/mol. The second kappa shape index (κ2) is 11.7. The van der Waals surface area contributed by atoms with Crippen molar-refractivity contribution in [1.82, 2.24) is 9.88 Å². The van der Waals surface area contributed by atoms with Gasteiger partial charge in [0, 0.05) is 24.5 Å². The van der Waals surface area contributed by atoms with Gasteiger partial charge in [-0.15, -0.1) is 0 Å². The maximum absolute atomic E-state index is 13.4. The van der Waals surface area contributed by atoms with E-state index in [1.54, 1.807) is 43.6 Å². The number of aliphatic hydroxyl groups is 1. The maximum Gasteiger partial charge on any atom is 0.255 e. The molecule has 1 aliphatic heterocycles. The average molecular weight is 525 g/mol. The Morgan fingerprint density at radius 2 is 1.62 bits per heavy atom. The highest BCUT2D eigenvalue weighted by Gasteiger charge is 2.43. The highest BCUT2D eigenvalue weighted by atomic mass is 16.5. The van der Waals surface area contributed by atoms with Crippen molar-refractivity contribution >= 4 is 5.91 Å². The SMILES string of the molecule is COc1cccc(C(OCC2CC(O)CN2C(=O)c2cccnc2)(c2ccccc2)c2ccccc2)c1OC. The fraction of sp³-hybridized carbons (Fsp3) is 0.250. The number of β-amino-alcohol motifs (C(OH)–C–C–N with tert-alkyl or cyclic N) is 1. The van der Waals surface area contributed by atoms with Gasteiger partial charge in [0.15, 0.2) is 11.5 Å². The van der Waals surface area contributed by atoms with Gasteiger partial charge in [-0.05, 0) is 35.7 Å². The molecule has 3 aromatic carbocycles. The fourth-order valence-corrected chi connectivity index (χ4v) is 5.41. The number of carbonyl (C=O) groups is 1. The molecule has 1 saturated heterocycles. The number of likely N-dealkylation sites (tertiary alicyclic amines) is 1. The molecule has 0 radical (unpaired) electrons. The smallest absolute Gasteiger partial charge is 0.255 e. The summed E-state index contributed by atoms with van der Waals surface area (Å²) in [5, 5.41) is 10.6. The predicted molar refractivity (Wildman–Crippen MR) is 148 cm³/mol. The van der Waals surface area contributed by atoms with Crippen LogP contribution in [0.3, 0.4) is 0 Å². The van der Waals surface area contributed by atoms with Gasteiger partial charge in [0.1, 0.15) is 5.60 Å². The number of hydrogen-bond donors (Lipinski definition) is 1. The van der Waals surface area contributed by atoms with Crippen LogP contribution in [-0.4, -0.2) is 60.4 Å². The molecule has 7 heteroatoms. The van der Waals surface area contributed by atoms with Crippen molar-refractivity contribution in [3.05, 3.63) is 126 Å². The number of carbonyl (C=O) groups excluding carboxylic acids is 1. The van der Waals surface area contributed by atoms with Gasteiger partial charge in [0.05, 0.1) is 38.5 Å². The topological polar surface area (TPSA) is 81.1 Å². The van der Waals surface area contributed by atoms with Crippen LogP contribution in [0.2, 0.25) is 0 Å². The first-order chi connectivity index (χ1) is 19.1. The first-order valence-corrected chi connectivity index (χ1v) is 12.9. The second-order valence-corrected chi connectivity index (χ2v) is 9.51. The first-order valence-electron chi connectivity index (χ1n) is 12.9. The number of benzene rings is 3. The summed E-state index contributed by atoms with van der Waals surface area (Å²) < 4.78 is 18.6. The molecule has 0 aliphatic carbocycles. The maximum atomic E-state index is 13.4. The molecule has 2 atom stereocenters. The van der Waals surface area contributed by atoms with Crippen LogP contribution in [0.15, 0.2) is 103 Å². The standard InChI is InChI=1S/C32H32N2O5/c1-37-29-17-9-16-28(30(29)38-2)32(24-12-5-3-6-13-24,25-14-7-4-8-15-25)39-22-26-19-27(35)21-34(26)31(36)23-11-10-18-33-20-23/h3-18,20,26-27,35H,19,21-22H2,1-2H3. The van der Waals surface area contributed by atoms with Crippen molar-refractivity contribution in [2.45, 2.75) is 24.2 Å². The zero-order chi connectivity index (χ0) is 27.2. The van der Waals surface area contributed by atoms with Crippen LogP contribution < -0.4 is 9.47 Å². The van der Waals surface area contributed by atoms with Crippen molar-refractivity contribution in [3.63, 3.8) is 0 Å². The molecular weight excluding hydrogens is 492 g/mol. The number of ether oxygens (including phenoxy) is 3. The molecular formula is C32H32N2O5. The molecule has 0 bridgehead atoms. The lowest BCUT2D eigenvalue weighted by Gasteiger charge is -2.38. The van der Waals surface area contributed by atoms with Gasteiger partial charge in [-0.3, -0.25) is 9.78 Å². The number of hydrogen-bond acceptors (Lipinski definition) is 6. The molecule has 0 spiro atoms. The van der Waals surface area contributed by atoms with Crippen LogP contribution >= 0.6 is 0 Å². The third-order valence-corrected chi connectivity index (χ3v) is 7.20. The Balaban J connectivity index is 1.62. The number of methoxy groups -OCH3 is 2. The number of pyridine rings is 1. The Hall–Kier alpha value is -4.20. The molecule has 0 saturated carbocycles. The van der Waals surface area contributed by atoms with Crippen molar-refractivity contribution < 1.29 is 24.1 Å². The summed E-state index contributed by atoms with van der Waals surface area (Å²) in [6.45, 7) is 0.404. The fourth-order valence-electron chi connectivity index (χ4n) is 5.41. The minimum absolute atomic E-state index is 0.174. The Morgan fingerprint density at radius 1 is 0.923 bits per heavy atom. The molecule has 1 N–H and O–H groups in total. The van der Waals surface area contributed by atoms with E-state index in [0.29, 0.717) is 23.5 Å². The number of amides is 1. The lowest BCUT2D eigenvalue weighted by molar-refractivity contribution is -0.0148. The molecule has 1 aromatic heterocycles. The molecule has 200 valence electrons. The van der Waals surface area contributed by atoms with Crippen LogP contribution in [0.25, 0.3) is 0 Å². The van der Waals surface area contributed by atoms with Crippen LogP contribution in [0.4, 0.5) is 0 Å². The number of rotatable bonds is 9. The highest BCUT2D eigenvalue weighted by molar-refractivity contribution is 5.94. The van der Waals surface area contributed by atoms with Crippen LogP contribution in [0.1, 0.15) is 33.5 Å². The van der Waals surface area contributed by atoms with Crippen molar-refractivity contribution in [2.24, 2.45) is 0 Å². The minimum atomic E-state index is -1.10. The highest BCUT2D eigenvalue weighted by Crippen LogP contribution is 2.47. The Kier molecular flexibility index (Phi) is 7.91. The van der Waals surface area contributed by atoms with Gasteiger partial charge >= 0.3 is 0 Å². The molecule has 4 aromatic rings. The number of aromatic nitrogens is 1. The summed E-state index contributed by atoms with van der Waals surface area (Å²) in [5.74, 6) is 0.958. The normalized spacial score (nSPS) is 17.2. The van der Waals surface area contributed by atoms with E-state index < -0.39 is 11.7 Å². The van der Waals surface area contributed by atoms with Crippen LogP contribution in [-0.2, 0) is 10.3 Å². The van der Waals surface area contributed by atoms with Crippen molar-refractivity contribution in [3.8, 4) is 11.5 Å². The van der Waals surface area contributed by atoms with Gasteiger partial charge in [-0.25, -0.2) is 0 Å². The lowest BCUT2D eigenvalue weighted by Crippen LogP contribution is -2.42. The second-order valence-electron chi connectivity index (χ2n) is 9.51. The quantitative estimate of drug-likeness (QED) is 0.320. The third kappa shape index (κ3) is 5.11. The van der Waals surface area contributed by atoms with E-state index in [1.165, 1.54) is 0 Å².